The standard InChI is InChI=1S/C14H18N8O/c1-19-7-10-8-20(5-6-21(10)14(19)23)12-11(15)13(17-9-16-12)22-4-2-3-18-22/h2-4,9-10H,5-8,15H2,1H3. The van der Waals surface area contributed by atoms with Gasteiger partial charge in [-0.2, -0.15) is 5.10 Å². The lowest BCUT2D eigenvalue weighted by Gasteiger charge is -2.37. The highest BCUT2D eigenvalue weighted by Gasteiger charge is 2.39. The van der Waals surface area contributed by atoms with E-state index in [9.17, 15) is 4.79 Å². The van der Waals surface area contributed by atoms with Gasteiger partial charge in [0.05, 0.1) is 6.04 Å². The van der Waals surface area contributed by atoms with Crippen molar-refractivity contribution < 1.29 is 4.79 Å². The number of fused-ring (bicyclic) bond motifs is 1. The molecule has 2 aliphatic heterocycles. The Morgan fingerprint density at radius 3 is 2.83 bits per heavy atom. The fourth-order valence-corrected chi connectivity index (χ4v) is 3.28. The number of hydrogen-bond acceptors (Lipinski definition) is 6. The lowest BCUT2D eigenvalue weighted by molar-refractivity contribution is 0.187. The number of piperazine rings is 1. The molecule has 2 amide bonds. The number of carbonyl (C=O) groups is 1. The molecule has 2 aliphatic rings. The summed E-state index contributed by atoms with van der Waals surface area (Å²) in [6.07, 6.45) is 4.98. The van der Waals surface area contributed by atoms with E-state index in [-0.39, 0.29) is 12.1 Å². The number of carbonyl (C=O) groups excluding carboxylic acids is 1. The van der Waals surface area contributed by atoms with Crippen LogP contribution in [0.15, 0.2) is 24.8 Å². The van der Waals surface area contributed by atoms with Crippen molar-refractivity contribution in [2.45, 2.75) is 6.04 Å². The predicted octanol–water partition coefficient (Wildman–Crippen LogP) is -0.199. The third-order valence-electron chi connectivity index (χ3n) is 4.40. The summed E-state index contributed by atoms with van der Waals surface area (Å²) in [7, 11) is 1.83. The number of urea groups is 1. The molecule has 1 atom stereocenters. The summed E-state index contributed by atoms with van der Waals surface area (Å²) in [6.45, 7) is 2.83. The van der Waals surface area contributed by atoms with Gasteiger partial charge in [-0.15, -0.1) is 0 Å². The van der Waals surface area contributed by atoms with Crippen LogP contribution in [0.25, 0.3) is 5.82 Å². The highest BCUT2D eigenvalue weighted by molar-refractivity contribution is 5.78. The summed E-state index contributed by atoms with van der Waals surface area (Å²) in [6, 6.07) is 2.09. The molecule has 4 heterocycles. The number of nitrogens with zero attached hydrogens (tertiary/aromatic N) is 7. The number of hydrogen-bond donors (Lipinski definition) is 1. The molecular formula is C14H18N8O. The molecule has 0 spiro atoms. The Morgan fingerprint density at radius 1 is 1.22 bits per heavy atom. The number of amides is 2. The summed E-state index contributed by atoms with van der Waals surface area (Å²) in [5.41, 5.74) is 6.78. The van der Waals surface area contributed by atoms with Crippen LogP contribution in [0.1, 0.15) is 0 Å². The van der Waals surface area contributed by atoms with Gasteiger partial charge in [-0.3, -0.25) is 0 Å². The van der Waals surface area contributed by atoms with E-state index >= 15 is 0 Å². The van der Waals surface area contributed by atoms with E-state index in [1.54, 1.807) is 22.0 Å². The molecule has 0 saturated carbocycles. The van der Waals surface area contributed by atoms with Crippen LogP contribution in [0.2, 0.25) is 0 Å². The van der Waals surface area contributed by atoms with Crippen molar-refractivity contribution in [3.05, 3.63) is 24.8 Å². The second kappa shape index (κ2) is 5.11. The van der Waals surface area contributed by atoms with Gasteiger partial charge in [0.25, 0.3) is 0 Å². The van der Waals surface area contributed by atoms with Crippen molar-refractivity contribution in [2.24, 2.45) is 0 Å². The van der Waals surface area contributed by atoms with Gasteiger partial charge < -0.3 is 20.4 Å². The number of anilines is 2. The Balaban J connectivity index is 1.62. The van der Waals surface area contributed by atoms with Crippen LogP contribution in [0.4, 0.5) is 16.3 Å². The zero-order chi connectivity index (χ0) is 16.0. The first-order valence-electron chi connectivity index (χ1n) is 7.52. The molecule has 9 heteroatoms. The number of likely N-dealkylation sites (N-methyl/N-ethyl adjacent to an activating group) is 1. The fraction of sp³-hybridized carbons (Fsp3) is 0.429. The summed E-state index contributed by atoms with van der Waals surface area (Å²) < 4.78 is 1.63. The van der Waals surface area contributed by atoms with Gasteiger partial charge in [-0.05, 0) is 6.07 Å². The Bertz CT molecular complexity index is 730. The van der Waals surface area contributed by atoms with Gasteiger partial charge in [0.15, 0.2) is 11.6 Å². The third kappa shape index (κ3) is 2.16. The molecule has 2 aromatic heterocycles. The summed E-state index contributed by atoms with van der Waals surface area (Å²) in [5.74, 6) is 1.27. The Kier molecular flexibility index (Phi) is 3.07. The molecule has 2 aromatic rings. The largest absolute Gasteiger partial charge is 0.393 e. The van der Waals surface area contributed by atoms with Crippen molar-refractivity contribution in [3.63, 3.8) is 0 Å². The van der Waals surface area contributed by atoms with Crippen LogP contribution < -0.4 is 10.6 Å². The maximum atomic E-state index is 12.0. The van der Waals surface area contributed by atoms with Crippen molar-refractivity contribution in [1.82, 2.24) is 29.5 Å². The van der Waals surface area contributed by atoms with Gasteiger partial charge >= 0.3 is 6.03 Å². The van der Waals surface area contributed by atoms with Crippen LogP contribution in [0, 0.1) is 0 Å². The first-order chi connectivity index (χ1) is 11.1. The first-order valence-corrected chi connectivity index (χ1v) is 7.52. The average Bonchev–Trinajstić information content (AvgIpc) is 3.17. The Hall–Kier alpha value is -2.84. The number of nitrogen functional groups attached to an aromatic ring is 1. The summed E-state index contributed by atoms with van der Waals surface area (Å²) >= 11 is 0. The summed E-state index contributed by atoms with van der Waals surface area (Å²) in [4.78, 5) is 26.4. The molecular weight excluding hydrogens is 296 g/mol. The maximum absolute atomic E-state index is 12.0. The molecule has 4 rings (SSSR count). The second-order valence-corrected chi connectivity index (χ2v) is 5.84. The number of nitrogens with two attached hydrogens (primary N) is 1. The highest BCUT2D eigenvalue weighted by atomic mass is 16.2. The molecule has 1 unspecified atom stereocenters. The minimum absolute atomic E-state index is 0.0996. The zero-order valence-electron chi connectivity index (χ0n) is 12.8. The smallest absolute Gasteiger partial charge is 0.320 e. The van der Waals surface area contributed by atoms with Crippen LogP contribution in [0.3, 0.4) is 0 Å². The van der Waals surface area contributed by atoms with E-state index < -0.39 is 0 Å². The van der Waals surface area contributed by atoms with Crippen LogP contribution >= 0.6 is 0 Å². The predicted molar refractivity (Wildman–Crippen MR) is 84.3 cm³/mol. The molecule has 0 radical (unpaired) electrons. The molecule has 2 fully saturated rings. The minimum atomic E-state index is 0.0996. The van der Waals surface area contributed by atoms with E-state index in [1.165, 1.54) is 6.33 Å². The van der Waals surface area contributed by atoms with Crippen molar-refractivity contribution in [1.29, 1.82) is 0 Å². The van der Waals surface area contributed by atoms with Crippen LogP contribution in [-0.4, -0.2) is 74.8 Å². The molecule has 0 bridgehead atoms. The Labute approximate surface area is 133 Å². The first kappa shape index (κ1) is 13.8. The van der Waals surface area contributed by atoms with Gasteiger partial charge in [0, 0.05) is 45.6 Å². The molecule has 120 valence electrons. The summed E-state index contributed by atoms with van der Waals surface area (Å²) in [5, 5.41) is 4.17. The van der Waals surface area contributed by atoms with Crippen molar-refractivity contribution in [2.75, 3.05) is 43.9 Å². The lowest BCUT2D eigenvalue weighted by atomic mass is 10.2. The molecule has 0 aliphatic carbocycles. The third-order valence-corrected chi connectivity index (χ3v) is 4.40. The second-order valence-electron chi connectivity index (χ2n) is 5.84. The van der Waals surface area contributed by atoms with Crippen molar-refractivity contribution in [3.8, 4) is 5.82 Å². The van der Waals surface area contributed by atoms with E-state index in [1.807, 2.05) is 18.0 Å². The normalized spacial score (nSPS) is 21.0. The van der Waals surface area contributed by atoms with Gasteiger partial charge in [0.1, 0.15) is 12.0 Å². The molecule has 2 N–H and O–H groups in total. The van der Waals surface area contributed by atoms with Crippen LogP contribution in [0.5, 0.6) is 0 Å². The fourth-order valence-electron chi connectivity index (χ4n) is 3.28. The molecule has 9 nitrogen and oxygen atoms in total. The van der Waals surface area contributed by atoms with Gasteiger partial charge in [0.2, 0.25) is 0 Å². The maximum Gasteiger partial charge on any atom is 0.320 e. The molecule has 2 saturated heterocycles. The lowest BCUT2D eigenvalue weighted by Crippen LogP contribution is -2.52. The SMILES string of the molecule is CN1CC2CN(c3ncnc(-n4cccn4)c3N)CCN2C1=O. The topological polar surface area (TPSA) is 96.4 Å². The zero-order valence-corrected chi connectivity index (χ0v) is 12.8. The van der Waals surface area contributed by atoms with E-state index in [0.717, 1.165) is 13.1 Å². The number of rotatable bonds is 2. The van der Waals surface area contributed by atoms with Crippen molar-refractivity contribution >= 4 is 17.5 Å². The average molecular weight is 314 g/mol. The molecule has 0 aromatic carbocycles. The van der Waals surface area contributed by atoms with E-state index in [4.69, 9.17) is 5.73 Å². The molecule has 23 heavy (non-hydrogen) atoms. The van der Waals surface area contributed by atoms with E-state index in [2.05, 4.69) is 20.0 Å². The highest BCUT2D eigenvalue weighted by Crippen LogP contribution is 2.28. The minimum Gasteiger partial charge on any atom is -0.393 e. The van der Waals surface area contributed by atoms with Crippen LogP contribution in [-0.2, 0) is 0 Å². The quantitative estimate of drug-likeness (QED) is 0.824. The monoisotopic (exact) mass is 314 g/mol. The Morgan fingerprint density at radius 2 is 2.04 bits per heavy atom. The van der Waals surface area contributed by atoms with Gasteiger partial charge in [-0.1, -0.05) is 0 Å². The van der Waals surface area contributed by atoms with E-state index in [0.29, 0.717) is 30.4 Å². The van der Waals surface area contributed by atoms with Gasteiger partial charge in [-0.25, -0.2) is 19.4 Å². The number of aromatic nitrogens is 4.